The van der Waals surface area contributed by atoms with E-state index in [1.54, 1.807) is 0 Å². The fourth-order valence-electron chi connectivity index (χ4n) is 1.78. The number of thioether (sulfide) groups is 1. The first-order valence-corrected chi connectivity index (χ1v) is 7.42. The summed E-state index contributed by atoms with van der Waals surface area (Å²) in [5.41, 5.74) is 3.73. The summed E-state index contributed by atoms with van der Waals surface area (Å²) in [7, 11) is 0. The molecule has 20 heavy (non-hydrogen) atoms. The Morgan fingerprint density at radius 3 is 2.80 bits per heavy atom. The molecule has 1 heterocycles. The molecule has 0 unspecified atom stereocenters. The van der Waals surface area contributed by atoms with E-state index in [2.05, 4.69) is 15.5 Å². The van der Waals surface area contributed by atoms with Gasteiger partial charge in [0.1, 0.15) is 0 Å². The van der Waals surface area contributed by atoms with E-state index < -0.39 is 0 Å². The highest BCUT2D eigenvalue weighted by Crippen LogP contribution is 2.18. The smallest absolute Gasteiger partial charge is 0.264 e. The number of hydrogen-bond acceptors (Lipinski definition) is 3. The van der Waals surface area contributed by atoms with Gasteiger partial charge in [-0.25, -0.2) is 0 Å². The molecule has 0 spiro atoms. The van der Waals surface area contributed by atoms with Gasteiger partial charge in [-0.1, -0.05) is 12.1 Å². The van der Waals surface area contributed by atoms with Crippen molar-refractivity contribution in [3.63, 3.8) is 0 Å². The molecule has 0 atom stereocenters. The lowest BCUT2D eigenvalue weighted by Crippen LogP contribution is -2.15. The third-order valence-electron chi connectivity index (χ3n) is 3.02. The number of aromatic nitrogens is 2. The molecule has 0 aliphatic carbocycles. The number of carbonyl (C=O) groups excluding carboxylic acids is 1. The number of rotatable bonds is 5. The largest absolute Gasteiger partial charge is 0.325 e. The first kappa shape index (κ1) is 14.5. The molecule has 3 N–H and O–H groups in total. The molecule has 1 aromatic carbocycles. The quantitative estimate of drug-likeness (QED) is 0.790. The van der Waals surface area contributed by atoms with Gasteiger partial charge in [-0.3, -0.25) is 14.7 Å². The Balaban J connectivity index is 1.83. The van der Waals surface area contributed by atoms with Crippen LogP contribution in [-0.4, -0.2) is 21.9 Å². The minimum atomic E-state index is -0.152. The minimum absolute atomic E-state index is 0.0402. The van der Waals surface area contributed by atoms with Crippen LogP contribution >= 0.6 is 11.8 Å². The van der Waals surface area contributed by atoms with Crippen LogP contribution < -0.4 is 10.9 Å². The Hall–Kier alpha value is -1.95. The summed E-state index contributed by atoms with van der Waals surface area (Å²) >= 11 is 1.45. The van der Waals surface area contributed by atoms with Crippen molar-refractivity contribution < 1.29 is 4.79 Å². The van der Waals surface area contributed by atoms with Gasteiger partial charge in [0.15, 0.2) is 0 Å². The van der Waals surface area contributed by atoms with Crippen molar-refractivity contribution in [2.75, 3.05) is 11.1 Å². The summed E-state index contributed by atoms with van der Waals surface area (Å²) in [6.07, 6.45) is 0. The van der Waals surface area contributed by atoms with Crippen LogP contribution in [0.2, 0.25) is 0 Å². The molecule has 5 nitrogen and oxygen atoms in total. The number of benzene rings is 1. The monoisotopic (exact) mass is 291 g/mol. The summed E-state index contributed by atoms with van der Waals surface area (Å²) in [4.78, 5) is 22.8. The second-order valence-electron chi connectivity index (χ2n) is 4.57. The zero-order valence-corrected chi connectivity index (χ0v) is 12.3. The van der Waals surface area contributed by atoms with E-state index in [0.29, 0.717) is 11.5 Å². The third kappa shape index (κ3) is 3.77. The van der Waals surface area contributed by atoms with Crippen molar-refractivity contribution in [3.8, 4) is 0 Å². The van der Waals surface area contributed by atoms with Gasteiger partial charge in [0.05, 0.1) is 5.75 Å². The van der Waals surface area contributed by atoms with Crippen LogP contribution in [0.15, 0.2) is 29.1 Å². The highest BCUT2D eigenvalue weighted by atomic mass is 32.2. The van der Waals surface area contributed by atoms with Crippen molar-refractivity contribution in [2.24, 2.45) is 0 Å². The van der Waals surface area contributed by atoms with Gasteiger partial charge in [-0.05, 0) is 31.0 Å². The lowest BCUT2D eigenvalue weighted by Gasteiger charge is -2.10. The number of aromatic amines is 2. The van der Waals surface area contributed by atoms with Crippen LogP contribution in [0, 0.1) is 13.8 Å². The van der Waals surface area contributed by atoms with Gasteiger partial charge in [0.25, 0.3) is 5.56 Å². The maximum Gasteiger partial charge on any atom is 0.264 e. The lowest BCUT2D eigenvalue weighted by atomic mass is 10.1. The maximum atomic E-state index is 11.9. The maximum absolute atomic E-state index is 11.9. The van der Waals surface area contributed by atoms with Gasteiger partial charge in [-0.2, -0.15) is 0 Å². The highest BCUT2D eigenvalue weighted by Gasteiger charge is 2.06. The van der Waals surface area contributed by atoms with Gasteiger partial charge in [0, 0.05) is 23.2 Å². The summed E-state index contributed by atoms with van der Waals surface area (Å²) in [5.74, 6) is 0.904. The molecule has 0 saturated carbocycles. The fraction of sp³-hybridized carbons (Fsp3) is 0.286. The van der Waals surface area contributed by atoms with E-state index in [1.807, 2.05) is 32.0 Å². The number of H-pyrrole nitrogens is 2. The molecule has 0 aliphatic heterocycles. The third-order valence-corrected chi connectivity index (χ3v) is 4.00. The predicted octanol–water partition coefficient (Wildman–Crippen LogP) is 2.19. The second kappa shape index (κ2) is 6.47. The van der Waals surface area contributed by atoms with Crippen molar-refractivity contribution in [1.29, 1.82) is 0 Å². The summed E-state index contributed by atoms with van der Waals surface area (Å²) in [6, 6.07) is 7.34. The van der Waals surface area contributed by atoms with Crippen molar-refractivity contribution in [1.82, 2.24) is 10.2 Å². The van der Waals surface area contributed by atoms with Gasteiger partial charge < -0.3 is 10.4 Å². The number of aryl methyl sites for hydroxylation is 1. The van der Waals surface area contributed by atoms with Gasteiger partial charge >= 0.3 is 0 Å². The topological polar surface area (TPSA) is 77.8 Å². The number of amides is 1. The average molecular weight is 291 g/mol. The Kier molecular flexibility index (Phi) is 4.68. The van der Waals surface area contributed by atoms with Crippen LogP contribution in [0.25, 0.3) is 0 Å². The van der Waals surface area contributed by atoms with E-state index in [1.165, 1.54) is 17.8 Å². The first-order valence-electron chi connectivity index (χ1n) is 6.26. The molecule has 0 radical (unpaired) electrons. The van der Waals surface area contributed by atoms with Crippen LogP contribution in [0.3, 0.4) is 0 Å². The standard InChI is InChI=1S/C14H17N3O2S/c1-9-4-3-5-12(10(9)2)15-14(19)8-20-7-11-6-13(18)17-16-11/h3-6H,7-8H2,1-2H3,(H,15,19)(H2,16,17,18). The molecule has 0 bridgehead atoms. The summed E-state index contributed by atoms with van der Waals surface area (Å²) < 4.78 is 0. The SMILES string of the molecule is Cc1cccc(NC(=O)CSCc2cc(=O)[nH][nH]2)c1C. The zero-order valence-electron chi connectivity index (χ0n) is 11.4. The van der Waals surface area contributed by atoms with Gasteiger partial charge in [-0.15, -0.1) is 11.8 Å². The van der Waals surface area contributed by atoms with Crippen LogP contribution in [0.4, 0.5) is 5.69 Å². The molecule has 1 amide bonds. The minimum Gasteiger partial charge on any atom is -0.325 e. The molecule has 0 fully saturated rings. The van der Waals surface area contributed by atoms with E-state index in [9.17, 15) is 9.59 Å². The molecule has 106 valence electrons. The molecular weight excluding hydrogens is 274 g/mol. The number of nitrogens with one attached hydrogen (secondary N) is 3. The Bertz CT molecular complexity index is 660. The van der Waals surface area contributed by atoms with Crippen molar-refractivity contribution in [2.45, 2.75) is 19.6 Å². The molecular formula is C14H17N3O2S. The lowest BCUT2D eigenvalue weighted by molar-refractivity contribution is -0.113. The number of anilines is 1. The molecule has 6 heteroatoms. The molecule has 0 aliphatic rings. The van der Waals surface area contributed by atoms with Crippen LogP contribution in [0.5, 0.6) is 0 Å². The molecule has 1 aromatic heterocycles. The second-order valence-corrected chi connectivity index (χ2v) is 5.56. The van der Waals surface area contributed by atoms with Crippen LogP contribution in [-0.2, 0) is 10.5 Å². The highest BCUT2D eigenvalue weighted by molar-refractivity contribution is 7.99. The normalized spacial score (nSPS) is 10.5. The van der Waals surface area contributed by atoms with E-state index in [-0.39, 0.29) is 11.5 Å². The Morgan fingerprint density at radius 1 is 1.30 bits per heavy atom. The van der Waals surface area contributed by atoms with E-state index in [4.69, 9.17) is 0 Å². The summed E-state index contributed by atoms with van der Waals surface area (Å²) in [6.45, 7) is 4.00. The van der Waals surface area contributed by atoms with Crippen molar-refractivity contribution in [3.05, 3.63) is 51.4 Å². The molecule has 0 saturated heterocycles. The van der Waals surface area contributed by atoms with E-state index >= 15 is 0 Å². The van der Waals surface area contributed by atoms with Crippen molar-refractivity contribution >= 4 is 23.4 Å². The van der Waals surface area contributed by atoms with Crippen LogP contribution in [0.1, 0.15) is 16.8 Å². The average Bonchev–Trinajstić information content (AvgIpc) is 2.81. The first-order chi connectivity index (χ1) is 9.56. The van der Waals surface area contributed by atoms with E-state index in [0.717, 1.165) is 22.5 Å². The zero-order chi connectivity index (χ0) is 14.5. The molecule has 2 aromatic rings. The number of carbonyl (C=O) groups is 1. The fourth-order valence-corrected chi connectivity index (χ4v) is 2.51. The number of hydrogen-bond donors (Lipinski definition) is 3. The van der Waals surface area contributed by atoms with Gasteiger partial charge in [0.2, 0.25) is 5.91 Å². The Morgan fingerprint density at radius 2 is 2.10 bits per heavy atom. The summed E-state index contributed by atoms with van der Waals surface area (Å²) in [5, 5.41) is 8.12. The molecule has 2 rings (SSSR count). The Labute approximate surface area is 121 Å². The predicted molar refractivity (Wildman–Crippen MR) is 82.1 cm³/mol.